The average Bonchev–Trinajstić information content (AvgIpc) is 2.86. The summed E-state index contributed by atoms with van der Waals surface area (Å²) in [6.07, 6.45) is 4.25. The molecule has 1 aliphatic rings. The predicted molar refractivity (Wildman–Crippen MR) is 68.8 cm³/mol. The van der Waals surface area contributed by atoms with Crippen LogP contribution in [0.2, 0.25) is 0 Å². The topological polar surface area (TPSA) is 28.2 Å². The number of likely N-dealkylation sites (N-methyl/N-ethyl adjacent to an activating group) is 1. The summed E-state index contributed by atoms with van der Waals surface area (Å²) in [5, 5.41) is 7.04. The molecule has 1 fully saturated rings. The molecule has 1 N–H and O–H groups in total. The minimum absolute atomic E-state index is 0.0956. The van der Waals surface area contributed by atoms with Gasteiger partial charge in [-0.3, -0.25) is 0 Å². The highest BCUT2D eigenvalue weighted by atomic mass is 32.1. The fourth-order valence-corrected chi connectivity index (χ4v) is 3.31. The molecule has 0 bridgehead atoms. The van der Waals surface area contributed by atoms with Gasteiger partial charge < -0.3 is 10.2 Å². The van der Waals surface area contributed by atoms with Gasteiger partial charge in [-0.15, -0.1) is 11.3 Å². The first-order valence-corrected chi connectivity index (χ1v) is 6.91. The Labute approximate surface area is 102 Å². The molecule has 0 aromatic carbocycles. The smallest absolute Gasteiger partial charge is 0.114 e. The summed E-state index contributed by atoms with van der Waals surface area (Å²) in [7, 11) is 2.20. The van der Waals surface area contributed by atoms with Crippen LogP contribution in [0, 0.1) is 0 Å². The lowest BCUT2D eigenvalue weighted by Gasteiger charge is -2.28. The van der Waals surface area contributed by atoms with Gasteiger partial charge in [0.05, 0.1) is 5.54 Å². The Hall–Kier alpha value is -0.450. The second-order valence-corrected chi connectivity index (χ2v) is 5.71. The van der Waals surface area contributed by atoms with Crippen molar-refractivity contribution in [3.8, 4) is 0 Å². The van der Waals surface area contributed by atoms with Gasteiger partial charge in [-0.25, -0.2) is 4.98 Å². The Kier molecular flexibility index (Phi) is 3.62. The van der Waals surface area contributed by atoms with Crippen LogP contribution in [0.15, 0.2) is 11.6 Å². The maximum Gasteiger partial charge on any atom is 0.114 e. The van der Waals surface area contributed by atoms with E-state index in [-0.39, 0.29) is 5.54 Å². The Morgan fingerprint density at radius 3 is 3.00 bits per heavy atom. The van der Waals surface area contributed by atoms with Gasteiger partial charge in [0.1, 0.15) is 5.01 Å². The molecule has 2 rings (SSSR count). The molecule has 3 nitrogen and oxygen atoms in total. The molecule has 0 amide bonds. The SMILES string of the molecule is CCCNC1(c2nccs2)CC(C)N(C)C1. The van der Waals surface area contributed by atoms with Crippen molar-refractivity contribution in [2.75, 3.05) is 20.1 Å². The Bertz CT molecular complexity index is 313. The highest BCUT2D eigenvalue weighted by Crippen LogP contribution is 2.35. The van der Waals surface area contributed by atoms with Crippen LogP contribution in [0.3, 0.4) is 0 Å². The zero-order chi connectivity index (χ0) is 11.6. The highest BCUT2D eigenvalue weighted by Gasteiger charge is 2.43. The van der Waals surface area contributed by atoms with E-state index in [4.69, 9.17) is 0 Å². The third-order valence-electron chi connectivity index (χ3n) is 3.47. The van der Waals surface area contributed by atoms with Gasteiger partial charge >= 0.3 is 0 Å². The van der Waals surface area contributed by atoms with E-state index in [0.29, 0.717) is 6.04 Å². The Morgan fingerprint density at radius 1 is 1.69 bits per heavy atom. The summed E-state index contributed by atoms with van der Waals surface area (Å²) < 4.78 is 0. The summed E-state index contributed by atoms with van der Waals surface area (Å²) in [6.45, 7) is 6.65. The summed E-state index contributed by atoms with van der Waals surface area (Å²) in [5.41, 5.74) is 0.0956. The fraction of sp³-hybridized carbons (Fsp3) is 0.750. The van der Waals surface area contributed by atoms with Crippen molar-refractivity contribution in [2.45, 2.75) is 38.3 Å². The van der Waals surface area contributed by atoms with E-state index in [1.54, 1.807) is 11.3 Å². The molecule has 4 heteroatoms. The van der Waals surface area contributed by atoms with Crippen LogP contribution in [0.1, 0.15) is 31.7 Å². The first-order valence-electron chi connectivity index (χ1n) is 6.03. The first kappa shape index (κ1) is 12.0. The fourth-order valence-electron chi connectivity index (χ4n) is 2.49. The van der Waals surface area contributed by atoms with E-state index in [1.807, 2.05) is 6.20 Å². The van der Waals surface area contributed by atoms with Gasteiger partial charge in [0.25, 0.3) is 0 Å². The van der Waals surface area contributed by atoms with Gasteiger partial charge in [-0.1, -0.05) is 6.92 Å². The van der Waals surface area contributed by atoms with Gasteiger partial charge in [0.2, 0.25) is 0 Å². The molecule has 2 unspecified atom stereocenters. The van der Waals surface area contributed by atoms with Crippen molar-refractivity contribution in [3.05, 3.63) is 16.6 Å². The van der Waals surface area contributed by atoms with Crippen molar-refractivity contribution < 1.29 is 0 Å². The molecule has 2 atom stereocenters. The third-order valence-corrected chi connectivity index (χ3v) is 4.45. The standard InChI is InChI=1S/C12H21N3S/c1-4-5-14-12(11-13-6-7-16-11)8-10(2)15(3)9-12/h6-7,10,14H,4-5,8-9H2,1-3H3. The van der Waals surface area contributed by atoms with Crippen molar-refractivity contribution in [3.63, 3.8) is 0 Å². The van der Waals surface area contributed by atoms with Crippen LogP contribution in [0.4, 0.5) is 0 Å². The molecule has 0 spiro atoms. The summed E-state index contributed by atoms with van der Waals surface area (Å²) in [4.78, 5) is 6.94. The van der Waals surface area contributed by atoms with Gasteiger partial charge in [-0.05, 0) is 33.4 Å². The monoisotopic (exact) mass is 239 g/mol. The number of nitrogens with one attached hydrogen (secondary N) is 1. The molecule has 1 aromatic rings. The number of likely N-dealkylation sites (tertiary alicyclic amines) is 1. The zero-order valence-corrected chi connectivity index (χ0v) is 11.2. The van der Waals surface area contributed by atoms with E-state index < -0.39 is 0 Å². The minimum atomic E-state index is 0.0956. The van der Waals surface area contributed by atoms with Crippen molar-refractivity contribution in [1.29, 1.82) is 0 Å². The maximum atomic E-state index is 4.52. The second-order valence-electron chi connectivity index (χ2n) is 4.81. The lowest BCUT2D eigenvalue weighted by atomic mass is 9.97. The van der Waals surface area contributed by atoms with Gasteiger partial charge in [0, 0.05) is 24.2 Å². The lowest BCUT2D eigenvalue weighted by Crippen LogP contribution is -2.44. The van der Waals surface area contributed by atoms with Crippen LogP contribution >= 0.6 is 11.3 Å². The van der Waals surface area contributed by atoms with Crippen molar-refractivity contribution in [2.24, 2.45) is 0 Å². The quantitative estimate of drug-likeness (QED) is 0.872. The van der Waals surface area contributed by atoms with Gasteiger partial charge in [-0.2, -0.15) is 0 Å². The van der Waals surface area contributed by atoms with Crippen molar-refractivity contribution >= 4 is 11.3 Å². The highest BCUT2D eigenvalue weighted by molar-refractivity contribution is 7.09. The van der Waals surface area contributed by atoms with E-state index in [2.05, 4.69) is 41.5 Å². The molecular weight excluding hydrogens is 218 g/mol. The molecule has 0 radical (unpaired) electrons. The lowest BCUT2D eigenvalue weighted by molar-refractivity contribution is 0.299. The third kappa shape index (κ3) is 2.14. The molecule has 1 aromatic heterocycles. The number of rotatable bonds is 4. The van der Waals surface area contributed by atoms with Crippen LogP contribution in [0.25, 0.3) is 0 Å². The number of nitrogens with zero attached hydrogens (tertiary/aromatic N) is 2. The predicted octanol–water partition coefficient (Wildman–Crippen LogP) is 2.06. The van der Waals surface area contributed by atoms with E-state index in [9.17, 15) is 0 Å². The Balaban J connectivity index is 2.21. The summed E-state index contributed by atoms with van der Waals surface area (Å²) in [5.74, 6) is 0. The number of hydrogen-bond acceptors (Lipinski definition) is 4. The minimum Gasteiger partial charge on any atom is -0.304 e. The van der Waals surface area contributed by atoms with Crippen LogP contribution in [-0.4, -0.2) is 36.1 Å². The average molecular weight is 239 g/mol. The van der Waals surface area contributed by atoms with Crippen LogP contribution < -0.4 is 5.32 Å². The number of thiazole rings is 1. The molecule has 0 aliphatic carbocycles. The molecule has 1 saturated heterocycles. The van der Waals surface area contributed by atoms with E-state index >= 15 is 0 Å². The molecular formula is C12H21N3S. The maximum absolute atomic E-state index is 4.52. The molecule has 2 heterocycles. The first-order chi connectivity index (χ1) is 7.68. The summed E-state index contributed by atoms with van der Waals surface area (Å²) in [6, 6.07) is 0.633. The molecule has 0 saturated carbocycles. The second kappa shape index (κ2) is 4.82. The van der Waals surface area contributed by atoms with Crippen LogP contribution in [-0.2, 0) is 5.54 Å². The summed E-state index contributed by atoms with van der Waals surface area (Å²) >= 11 is 1.77. The number of aromatic nitrogens is 1. The largest absolute Gasteiger partial charge is 0.304 e. The van der Waals surface area contributed by atoms with Crippen LogP contribution in [0.5, 0.6) is 0 Å². The zero-order valence-electron chi connectivity index (χ0n) is 10.4. The molecule has 90 valence electrons. The Morgan fingerprint density at radius 2 is 2.50 bits per heavy atom. The molecule has 1 aliphatic heterocycles. The van der Waals surface area contributed by atoms with Crippen molar-refractivity contribution in [1.82, 2.24) is 15.2 Å². The molecule has 16 heavy (non-hydrogen) atoms. The van der Waals surface area contributed by atoms with E-state index in [0.717, 1.165) is 19.5 Å². The van der Waals surface area contributed by atoms with E-state index in [1.165, 1.54) is 11.4 Å². The van der Waals surface area contributed by atoms with Gasteiger partial charge in [0.15, 0.2) is 0 Å². The normalized spacial score (nSPS) is 31.1. The number of hydrogen-bond donors (Lipinski definition) is 1.